The number of amides is 1. The third-order valence-corrected chi connectivity index (χ3v) is 6.56. The number of aryl methyl sites for hydroxylation is 1. The molecule has 5 nitrogen and oxygen atoms in total. The molecular weight excluding hydrogens is 384 g/mol. The molecule has 1 aliphatic heterocycles. The number of carbonyl (C=O) groups is 1. The van der Waals surface area contributed by atoms with E-state index in [1.165, 1.54) is 5.56 Å². The second kappa shape index (κ2) is 8.03. The molecule has 0 atom stereocenters. The van der Waals surface area contributed by atoms with Crippen LogP contribution in [0, 0.1) is 23.7 Å². The highest BCUT2D eigenvalue weighted by atomic mass is 16.2. The number of carbonyl (C=O) groups excluding carboxylic acids is 1. The van der Waals surface area contributed by atoms with Gasteiger partial charge in [0.15, 0.2) is 0 Å². The first-order chi connectivity index (χ1) is 14.8. The maximum absolute atomic E-state index is 13.3. The van der Waals surface area contributed by atoms with Crippen molar-refractivity contribution in [3.8, 4) is 6.07 Å². The lowest BCUT2D eigenvalue weighted by Crippen LogP contribution is -2.48. The van der Waals surface area contributed by atoms with Crippen molar-refractivity contribution in [1.82, 2.24) is 4.90 Å². The number of hydrogen-bond acceptors (Lipinski definition) is 4. The minimum Gasteiger partial charge on any atom is -0.402 e. The molecule has 0 bridgehead atoms. The van der Waals surface area contributed by atoms with Crippen LogP contribution in [0.2, 0.25) is 0 Å². The van der Waals surface area contributed by atoms with Crippen LogP contribution >= 0.6 is 0 Å². The zero-order chi connectivity index (χ0) is 22.3. The summed E-state index contributed by atoms with van der Waals surface area (Å²) >= 11 is 0. The zero-order valence-electron chi connectivity index (χ0n) is 18.3. The van der Waals surface area contributed by atoms with Crippen LogP contribution in [0.15, 0.2) is 47.7 Å². The van der Waals surface area contributed by atoms with Crippen LogP contribution in [0.1, 0.15) is 76.7 Å². The van der Waals surface area contributed by atoms with E-state index < -0.39 is 0 Å². The smallest absolute Gasteiger partial charge is 0.254 e. The number of benzene rings is 2. The number of nitrogens with one attached hydrogen (secondary N) is 1. The molecule has 2 fully saturated rings. The molecule has 4 rings (SSSR count). The second-order valence-electron chi connectivity index (χ2n) is 8.85. The molecule has 1 saturated carbocycles. The van der Waals surface area contributed by atoms with Gasteiger partial charge < -0.3 is 10.6 Å². The minimum atomic E-state index is 0.0184. The Kier molecular flexibility index (Phi) is 5.41. The minimum absolute atomic E-state index is 0.0184. The van der Waals surface area contributed by atoms with Crippen molar-refractivity contribution in [2.24, 2.45) is 5.73 Å². The molecule has 5 heteroatoms. The Balaban J connectivity index is 1.57. The van der Waals surface area contributed by atoms with Crippen molar-refractivity contribution in [2.75, 3.05) is 13.1 Å². The zero-order valence-corrected chi connectivity index (χ0v) is 18.3. The van der Waals surface area contributed by atoms with E-state index >= 15 is 0 Å². The van der Waals surface area contributed by atoms with Gasteiger partial charge in [-0.1, -0.05) is 18.2 Å². The average Bonchev–Trinajstić information content (AvgIpc) is 3.57. The molecule has 1 amide bonds. The molecule has 3 N–H and O–H groups in total. The van der Waals surface area contributed by atoms with Crippen LogP contribution in [0.4, 0.5) is 0 Å². The normalized spacial score (nSPS) is 16.9. The average molecular weight is 413 g/mol. The highest BCUT2D eigenvalue weighted by Gasteiger charge is 2.34. The molecular formula is C26H28N4O. The van der Waals surface area contributed by atoms with Crippen molar-refractivity contribution >= 4 is 11.6 Å². The quantitative estimate of drug-likeness (QED) is 0.703. The van der Waals surface area contributed by atoms with Gasteiger partial charge in [0.2, 0.25) is 0 Å². The fourth-order valence-electron chi connectivity index (χ4n) is 4.16. The number of likely N-dealkylation sites (tertiary alicyclic amines) is 1. The van der Waals surface area contributed by atoms with Crippen molar-refractivity contribution in [2.45, 2.75) is 45.4 Å². The van der Waals surface area contributed by atoms with Gasteiger partial charge in [-0.2, -0.15) is 5.26 Å². The first kappa shape index (κ1) is 20.9. The van der Waals surface area contributed by atoms with E-state index in [0.717, 1.165) is 35.1 Å². The van der Waals surface area contributed by atoms with E-state index in [2.05, 4.69) is 12.1 Å². The van der Waals surface area contributed by atoms with Crippen molar-refractivity contribution < 1.29 is 4.79 Å². The van der Waals surface area contributed by atoms with Crippen molar-refractivity contribution in [1.29, 1.82) is 10.7 Å². The predicted octanol–water partition coefficient (Wildman–Crippen LogP) is 4.60. The number of allylic oxidation sites excluding steroid dienone is 2. The lowest BCUT2D eigenvalue weighted by molar-refractivity contribution is 0.0601. The van der Waals surface area contributed by atoms with Crippen molar-refractivity contribution in [3.05, 3.63) is 81.0 Å². The van der Waals surface area contributed by atoms with E-state index in [1.54, 1.807) is 0 Å². The number of nitriles is 1. The fourth-order valence-corrected chi connectivity index (χ4v) is 4.16. The molecule has 1 saturated heterocycles. The first-order valence-electron chi connectivity index (χ1n) is 10.8. The summed E-state index contributed by atoms with van der Waals surface area (Å²) in [5.74, 6) is 0.796. The van der Waals surface area contributed by atoms with E-state index in [9.17, 15) is 4.79 Å². The van der Waals surface area contributed by atoms with Crippen LogP contribution in [0.5, 0.6) is 0 Å². The van der Waals surface area contributed by atoms with Gasteiger partial charge in [0.1, 0.15) is 0 Å². The maximum atomic E-state index is 13.3. The van der Waals surface area contributed by atoms with Crippen LogP contribution in [0.3, 0.4) is 0 Å². The standard InChI is InChI=1S/C26H28N4O/c1-15-10-23(20-8-9-20)24(25(29)16(2)17(3)28)11-22(15)26(31)30-13-21(14-30)19-6-4-18(12-27)5-7-19/h4-7,10-11,20-21,29H,8-9,13-14,28H2,1-3H3. The van der Waals surface area contributed by atoms with Gasteiger partial charge in [-0.15, -0.1) is 0 Å². The third kappa shape index (κ3) is 3.98. The number of nitrogens with zero attached hydrogens (tertiary/aromatic N) is 2. The van der Waals surface area contributed by atoms with Gasteiger partial charge in [-0.05, 0) is 80.0 Å². The summed E-state index contributed by atoms with van der Waals surface area (Å²) < 4.78 is 0. The predicted molar refractivity (Wildman–Crippen MR) is 122 cm³/mol. The van der Waals surface area contributed by atoms with E-state index in [1.807, 2.05) is 56.0 Å². The molecule has 1 aliphatic carbocycles. The summed E-state index contributed by atoms with van der Waals surface area (Å²) in [7, 11) is 0. The lowest BCUT2D eigenvalue weighted by atomic mass is 9.88. The Labute approximate surface area is 183 Å². The molecule has 2 aromatic rings. The lowest BCUT2D eigenvalue weighted by Gasteiger charge is -2.40. The summed E-state index contributed by atoms with van der Waals surface area (Å²) in [5, 5.41) is 17.7. The van der Waals surface area contributed by atoms with Crippen molar-refractivity contribution in [3.63, 3.8) is 0 Å². The second-order valence-corrected chi connectivity index (χ2v) is 8.85. The Bertz CT molecular complexity index is 1120. The summed E-state index contributed by atoms with van der Waals surface area (Å²) in [6.45, 7) is 7.00. The molecule has 0 unspecified atom stereocenters. The van der Waals surface area contributed by atoms with E-state index in [-0.39, 0.29) is 5.91 Å². The molecule has 31 heavy (non-hydrogen) atoms. The maximum Gasteiger partial charge on any atom is 0.254 e. The highest BCUT2D eigenvalue weighted by molar-refractivity contribution is 6.13. The summed E-state index contributed by atoms with van der Waals surface area (Å²) in [5.41, 5.74) is 13.2. The van der Waals surface area contributed by atoms with E-state index in [4.69, 9.17) is 16.4 Å². The summed E-state index contributed by atoms with van der Waals surface area (Å²) in [6.07, 6.45) is 2.27. The Morgan fingerprint density at radius 2 is 1.74 bits per heavy atom. The monoisotopic (exact) mass is 412 g/mol. The summed E-state index contributed by atoms with van der Waals surface area (Å²) in [4.78, 5) is 15.1. The highest BCUT2D eigenvalue weighted by Crippen LogP contribution is 2.43. The molecule has 2 aromatic carbocycles. The largest absolute Gasteiger partial charge is 0.402 e. The Hall–Kier alpha value is -3.39. The van der Waals surface area contributed by atoms with E-state index in [0.29, 0.717) is 47.5 Å². The number of rotatable bonds is 5. The summed E-state index contributed by atoms with van der Waals surface area (Å²) in [6, 6.07) is 13.8. The molecule has 2 aliphatic rings. The van der Waals surface area contributed by atoms with Gasteiger partial charge in [-0.25, -0.2) is 0 Å². The van der Waals surface area contributed by atoms with Crippen LogP contribution < -0.4 is 5.73 Å². The van der Waals surface area contributed by atoms with Gasteiger partial charge in [-0.3, -0.25) is 10.2 Å². The fraction of sp³-hybridized carbons (Fsp3) is 0.346. The van der Waals surface area contributed by atoms with Gasteiger partial charge >= 0.3 is 0 Å². The third-order valence-electron chi connectivity index (χ3n) is 6.56. The van der Waals surface area contributed by atoms with Crippen LogP contribution in [0.25, 0.3) is 0 Å². The SMILES string of the molecule is CC(N)=C(C)C(=N)c1cc(C(=O)N2CC(c3ccc(C#N)cc3)C2)c(C)cc1C1CC1. The number of nitrogens with two attached hydrogens (primary N) is 1. The number of hydrogen-bond donors (Lipinski definition) is 2. The topological polar surface area (TPSA) is 94.0 Å². The van der Waals surface area contributed by atoms with Crippen LogP contribution in [-0.2, 0) is 0 Å². The molecule has 0 radical (unpaired) electrons. The Morgan fingerprint density at radius 1 is 1.10 bits per heavy atom. The Morgan fingerprint density at radius 3 is 2.29 bits per heavy atom. The molecule has 0 spiro atoms. The van der Waals surface area contributed by atoms with Gasteiger partial charge in [0.25, 0.3) is 5.91 Å². The molecule has 158 valence electrons. The van der Waals surface area contributed by atoms with Gasteiger partial charge in [0.05, 0.1) is 17.3 Å². The molecule has 0 aromatic heterocycles. The first-order valence-corrected chi connectivity index (χ1v) is 10.8. The molecule has 1 heterocycles. The van der Waals surface area contributed by atoms with Crippen LogP contribution in [-0.4, -0.2) is 29.6 Å². The van der Waals surface area contributed by atoms with Gasteiger partial charge in [0, 0.05) is 35.8 Å².